The maximum Gasteiger partial charge on any atom is 0.338 e. The van der Waals surface area contributed by atoms with Crippen LogP contribution < -0.4 is 10.6 Å². The third kappa shape index (κ3) is 6.19. The SMILES string of the molecule is CCc1ccc(-c2c(C#N)c(N)nc(SC3CC(=O)N(c4ccc(C(=O)OCC(=O)c5ccc6c(c5)Cc5ccccc5-6)cc4)C3=O)c2C#N)cc1. The van der Waals surface area contributed by atoms with Crippen LogP contribution in [0.1, 0.15) is 61.9 Å². The summed E-state index contributed by atoms with van der Waals surface area (Å²) in [5.41, 5.74) is 13.6. The van der Waals surface area contributed by atoms with Crippen LogP contribution in [-0.4, -0.2) is 40.4 Å². The number of carbonyl (C=O) groups is 4. The third-order valence-electron chi connectivity index (χ3n) is 9.24. The van der Waals surface area contributed by atoms with Crippen LogP contribution in [0.2, 0.25) is 0 Å². The fourth-order valence-electron chi connectivity index (χ4n) is 6.54. The number of carbonyl (C=O) groups excluding carboxylic acids is 4. The zero-order valence-electron chi connectivity index (χ0n) is 27.9. The van der Waals surface area contributed by atoms with Crippen LogP contribution in [0.15, 0.2) is 96.0 Å². The van der Waals surface area contributed by atoms with E-state index in [0.29, 0.717) is 16.7 Å². The molecule has 1 unspecified atom stereocenters. The van der Waals surface area contributed by atoms with Crippen LogP contribution in [0, 0.1) is 22.7 Å². The number of Topliss-reactive ketones (excluding diaryl/α,β-unsaturated/α-hetero) is 1. The van der Waals surface area contributed by atoms with Crippen molar-refractivity contribution in [1.82, 2.24) is 4.98 Å². The zero-order valence-corrected chi connectivity index (χ0v) is 28.7. The van der Waals surface area contributed by atoms with E-state index in [1.54, 1.807) is 18.2 Å². The first-order valence-electron chi connectivity index (χ1n) is 16.5. The van der Waals surface area contributed by atoms with Crippen molar-refractivity contribution in [2.24, 2.45) is 0 Å². The second-order valence-corrected chi connectivity index (χ2v) is 13.5. The Bertz CT molecular complexity index is 2390. The Balaban J connectivity index is 1.03. The number of hydrogen-bond donors (Lipinski definition) is 1. The minimum Gasteiger partial charge on any atom is -0.454 e. The monoisotopic (exact) mass is 703 g/mol. The summed E-state index contributed by atoms with van der Waals surface area (Å²) in [6, 6.07) is 30.9. The van der Waals surface area contributed by atoms with Gasteiger partial charge >= 0.3 is 5.97 Å². The number of nitriles is 2. The molecule has 1 atom stereocenters. The summed E-state index contributed by atoms with van der Waals surface area (Å²) in [5.74, 6) is -2.16. The number of rotatable bonds is 9. The van der Waals surface area contributed by atoms with Crippen molar-refractivity contribution in [2.75, 3.05) is 17.2 Å². The number of imide groups is 1. The number of ketones is 1. The van der Waals surface area contributed by atoms with Crippen molar-refractivity contribution in [3.8, 4) is 34.4 Å². The van der Waals surface area contributed by atoms with Crippen LogP contribution in [0.3, 0.4) is 0 Å². The van der Waals surface area contributed by atoms with E-state index in [-0.39, 0.29) is 45.4 Å². The molecular weight excluding hydrogens is 675 g/mol. The highest BCUT2D eigenvalue weighted by Gasteiger charge is 2.41. The lowest BCUT2D eigenvalue weighted by molar-refractivity contribution is -0.121. The average molecular weight is 704 g/mol. The van der Waals surface area contributed by atoms with Crippen LogP contribution in [0.5, 0.6) is 0 Å². The largest absolute Gasteiger partial charge is 0.454 e. The van der Waals surface area contributed by atoms with Gasteiger partial charge < -0.3 is 10.5 Å². The number of hydrogen-bond acceptors (Lipinski definition) is 10. The maximum atomic E-state index is 13.6. The molecule has 1 aliphatic heterocycles. The van der Waals surface area contributed by atoms with Crippen molar-refractivity contribution in [3.63, 3.8) is 0 Å². The Morgan fingerprint density at radius 3 is 2.31 bits per heavy atom. The molecule has 1 aromatic heterocycles. The number of pyridine rings is 1. The molecule has 11 heteroatoms. The number of aromatic nitrogens is 1. The first kappa shape index (κ1) is 33.9. The molecule has 254 valence electrons. The molecule has 52 heavy (non-hydrogen) atoms. The summed E-state index contributed by atoms with van der Waals surface area (Å²) in [6.07, 6.45) is 1.37. The van der Waals surface area contributed by atoms with Gasteiger partial charge in [-0.25, -0.2) is 14.7 Å². The first-order chi connectivity index (χ1) is 25.2. The number of nitrogens with two attached hydrogens (primary N) is 1. The molecule has 1 saturated heterocycles. The van der Waals surface area contributed by atoms with E-state index in [4.69, 9.17) is 10.5 Å². The van der Waals surface area contributed by atoms with E-state index in [2.05, 4.69) is 23.2 Å². The highest BCUT2D eigenvalue weighted by Crippen LogP contribution is 2.40. The number of anilines is 2. The molecule has 2 N–H and O–H groups in total. The number of ether oxygens (including phenoxy) is 1. The molecule has 2 aliphatic rings. The smallest absolute Gasteiger partial charge is 0.338 e. The van der Waals surface area contributed by atoms with Crippen molar-refractivity contribution in [1.29, 1.82) is 10.5 Å². The van der Waals surface area contributed by atoms with Crippen molar-refractivity contribution < 1.29 is 23.9 Å². The molecule has 4 aromatic carbocycles. The lowest BCUT2D eigenvalue weighted by Crippen LogP contribution is -2.31. The molecule has 0 bridgehead atoms. The number of esters is 1. The number of fused-ring (bicyclic) bond motifs is 3. The quantitative estimate of drug-likeness (QED) is 0.0976. The van der Waals surface area contributed by atoms with E-state index < -0.39 is 29.6 Å². The van der Waals surface area contributed by atoms with Gasteiger partial charge in [-0.15, -0.1) is 0 Å². The van der Waals surface area contributed by atoms with Gasteiger partial charge in [0.25, 0.3) is 0 Å². The highest BCUT2D eigenvalue weighted by atomic mass is 32.2. The Kier molecular flexibility index (Phi) is 9.12. The molecule has 0 radical (unpaired) electrons. The van der Waals surface area contributed by atoms with Crippen LogP contribution in [0.25, 0.3) is 22.3 Å². The molecule has 5 aromatic rings. The number of nitrogens with zero attached hydrogens (tertiary/aromatic N) is 4. The predicted octanol–water partition coefficient (Wildman–Crippen LogP) is 6.67. The highest BCUT2D eigenvalue weighted by molar-refractivity contribution is 8.00. The molecule has 2 amide bonds. The number of thioether (sulfide) groups is 1. The van der Waals surface area contributed by atoms with Gasteiger partial charge in [-0.3, -0.25) is 14.4 Å². The van der Waals surface area contributed by atoms with E-state index in [9.17, 15) is 29.7 Å². The standard InChI is InChI=1S/C41H29N5O5S/c1-2-23-7-9-24(10-8-23)37-32(20-42)38(44)45-39(33(37)21-43)52-35-19-36(48)46(40(35)49)29-14-11-25(12-15-29)41(50)51-22-34(47)27-13-16-31-28(18-27)17-26-5-3-4-6-30(26)31/h3-16,18,35H,2,17,19,22H2,1H3,(H2,44,45). The number of aryl methyl sites for hydroxylation is 1. The zero-order chi connectivity index (χ0) is 36.5. The predicted molar refractivity (Wildman–Crippen MR) is 195 cm³/mol. The molecule has 10 nitrogen and oxygen atoms in total. The summed E-state index contributed by atoms with van der Waals surface area (Å²) in [7, 11) is 0. The second-order valence-electron chi connectivity index (χ2n) is 12.3. The lowest BCUT2D eigenvalue weighted by atomic mass is 9.96. The van der Waals surface area contributed by atoms with Crippen LogP contribution in [-0.2, 0) is 27.2 Å². The molecule has 1 aliphatic carbocycles. The summed E-state index contributed by atoms with van der Waals surface area (Å²) in [6.45, 7) is 1.57. The summed E-state index contributed by atoms with van der Waals surface area (Å²) >= 11 is 0.940. The second kappa shape index (κ2) is 14.0. The molecular formula is C41H29N5O5S. The number of benzene rings is 4. The van der Waals surface area contributed by atoms with Crippen molar-refractivity contribution in [2.45, 2.75) is 36.5 Å². The van der Waals surface area contributed by atoms with Gasteiger partial charge in [-0.1, -0.05) is 79.3 Å². The summed E-state index contributed by atoms with van der Waals surface area (Å²) in [5, 5.41) is 19.3. The van der Waals surface area contributed by atoms with Crippen molar-refractivity contribution >= 4 is 46.8 Å². The third-order valence-corrected chi connectivity index (χ3v) is 10.4. The van der Waals surface area contributed by atoms with Crippen LogP contribution in [0.4, 0.5) is 11.5 Å². The number of amides is 2. The van der Waals surface area contributed by atoms with Gasteiger partial charge in [0.2, 0.25) is 11.8 Å². The molecule has 2 heterocycles. The Labute approximate surface area is 303 Å². The molecule has 0 saturated carbocycles. The minimum atomic E-state index is -0.918. The van der Waals surface area contributed by atoms with Crippen LogP contribution >= 0.6 is 11.8 Å². The fourth-order valence-corrected chi connectivity index (χ4v) is 7.66. The molecule has 7 rings (SSSR count). The summed E-state index contributed by atoms with van der Waals surface area (Å²) in [4.78, 5) is 57.8. The number of nitrogen functional groups attached to an aromatic ring is 1. The van der Waals surface area contributed by atoms with Gasteiger partial charge in [0.05, 0.1) is 22.1 Å². The van der Waals surface area contributed by atoms with E-state index >= 15 is 0 Å². The maximum absolute atomic E-state index is 13.6. The van der Waals surface area contributed by atoms with Gasteiger partial charge in [-0.2, -0.15) is 10.5 Å². The topological polar surface area (TPSA) is 167 Å². The molecule has 0 spiro atoms. The Hall–Kier alpha value is -6.56. The molecule has 1 fully saturated rings. The van der Waals surface area contributed by atoms with Crippen molar-refractivity contribution in [3.05, 3.63) is 130 Å². The lowest BCUT2D eigenvalue weighted by Gasteiger charge is -2.17. The van der Waals surface area contributed by atoms with E-state index in [1.807, 2.05) is 49.4 Å². The first-order valence-corrected chi connectivity index (χ1v) is 17.4. The van der Waals surface area contributed by atoms with Gasteiger partial charge in [-0.05, 0) is 76.6 Å². The average Bonchev–Trinajstić information content (AvgIpc) is 3.68. The summed E-state index contributed by atoms with van der Waals surface area (Å²) < 4.78 is 5.31. The fraction of sp³-hybridized carbons (Fsp3) is 0.146. The van der Waals surface area contributed by atoms with Gasteiger partial charge in [0.1, 0.15) is 28.5 Å². The van der Waals surface area contributed by atoms with Gasteiger partial charge in [0, 0.05) is 17.5 Å². The minimum absolute atomic E-state index is 0.0538. The normalized spacial score (nSPS) is 14.4. The van der Waals surface area contributed by atoms with E-state index in [1.165, 1.54) is 29.8 Å². The van der Waals surface area contributed by atoms with E-state index in [0.717, 1.165) is 51.8 Å². The Morgan fingerprint density at radius 2 is 1.60 bits per heavy atom. The Morgan fingerprint density at radius 1 is 0.904 bits per heavy atom. The van der Waals surface area contributed by atoms with Gasteiger partial charge in [0.15, 0.2) is 12.4 Å².